The lowest BCUT2D eigenvalue weighted by atomic mass is 10.3. The first-order valence-corrected chi connectivity index (χ1v) is 9.51. The number of carbonyl (C=O) groups excluding carboxylic acids is 2. The van der Waals surface area contributed by atoms with Crippen LogP contribution in [-0.4, -0.2) is 44.4 Å². The van der Waals surface area contributed by atoms with Gasteiger partial charge in [-0.2, -0.15) is 0 Å². The molecular weight excluding hydrogens is 295 g/mol. The van der Waals surface area contributed by atoms with Crippen LogP contribution >= 0.6 is 17.1 Å². The van der Waals surface area contributed by atoms with Crippen molar-refractivity contribution in [2.24, 2.45) is 0 Å². The van der Waals surface area contributed by atoms with Crippen molar-refractivity contribution in [1.29, 1.82) is 0 Å². The number of hydrogen-bond acceptors (Lipinski definition) is 6. The fourth-order valence-electron chi connectivity index (χ4n) is 1.04. The summed E-state index contributed by atoms with van der Waals surface area (Å²) in [5.74, 6) is -0.784. The van der Waals surface area contributed by atoms with Gasteiger partial charge >= 0.3 is 0 Å². The average molecular weight is 314 g/mol. The Labute approximate surface area is 116 Å². The van der Waals surface area contributed by atoms with Gasteiger partial charge in [0, 0.05) is 27.3 Å². The van der Waals surface area contributed by atoms with Gasteiger partial charge in [-0.25, -0.2) is 0 Å². The molecule has 0 saturated heterocycles. The number of hydrogen-bond donors (Lipinski definition) is 2. The van der Waals surface area contributed by atoms with Crippen molar-refractivity contribution >= 4 is 40.7 Å². The van der Waals surface area contributed by atoms with E-state index in [9.17, 15) is 9.59 Å². The van der Waals surface area contributed by atoms with Crippen LogP contribution in [0.25, 0.3) is 0 Å². The van der Waals surface area contributed by atoms with Crippen LogP contribution in [0.1, 0.15) is 13.8 Å². The highest BCUT2D eigenvalue weighted by Gasteiger charge is 2.33. The van der Waals surface area contributed by atoms with Gasteiger partial charge in [-0.1, -0.05) is 0 Å². The van der Waals surface area contributed by atoms with Crippen LogP contribution in [0.4, 0.5) is 0 Å². The Morgan fingerprint density at radius 3 is 1.83 bits per heavy atom. The summed E-state index contributed by atoms with van der Waals surface area (Å²) in [5.41, 5.74) is -2.66. The van der Waals surface area contributed by atoms with Crippen LogP contribution < -0.4 is 10.6 Å². The highest BCUT2D eigenvalue weighted by molar-refractivity contribution is 8.68. The third-order valence-electron chi connectivity index (χ3n) is 1.86. The molecule has 0 aromatic heterocycles. The second kappa shape index (κ2) is 8.87. The largest absolute Gasteiger partial charge is 0.355 e. The summed E-state index contributed by atoms with van der Waals surface area (Å²) >= 11 is 6.10. The van der Waals surface area contributed by atoms with E-state index in [0.717, 1.165) is 11.4 Å². The molecule has 0 bridgehead atoms. The molecule has 18 heavy (non-hydrogen) atoms. The van der Waals surface area contributed by atoms with E-state index in [0.29, 0.717) is 13.1 Å². The van der Waals surface area contributed by atoms with Gasteiger partial charge in [0.25, 0.3) is 0 Å². The minimum absolute atomic E-state index is 0.392. The SMILES string of the molecule is CCNC(=O)C(SP(=S)(OC)OC)C(=O)NCC. The van der Waals surface area contributed by atoms with E-state index < -0.39 is 22.8 Å². The molecule has 0 unspecified atom stereocenters. The van der Waals surface area contributed by atoms with E-state index in [2.05, 4.69) is 10.6 Å². The van der Waals surface area contributed by atoms with Crippen LogP contribution in [0.3, 0.4) is 0 Å². The van der Waals surface area contributed by atoms with Crippen LogP contribution in [0, 0.1) is 0 Å². The van der Waals surface area contributed by atoms with Crippen LogP contribution in [0.15, 0.2) is 0 Å². The molecule has 0 spiro atoms. The minimum Gasteiger partial charge on any atom is -0.355 e. The standard InChI is InChI=1S/C9H19N2O4PS2/c1-5-10-8(12)7(9(13)11-6-2)18-16(17,14-3)15-4/h7H,5-6H2,1-4H3,(H,10,12)(H,11,13). The first-order chi connectivity index (χ1) is 8.44. The number of carbonyl (C=O) groups is 2. The molecule has 0 radical (unpaired) electrons. The highest BCUT2D eigenvalue weighted by atomic mass is 32.9. The molecule has 0 aromatic rings. The van der Waals surface area contributed by atoms with Crippen LogP contribution in [0.2, 0.25) is 0 Å². The Morgan fingerprint density at radius 1 is 1.17 bits per heavy atom. The zero-order valence-electron chi connectivity index (χ0n) is 10.9. The quantitative estimate of drug-likeness (QED) is 0.511. The molecule has 2 amide bonds. The molecule has 9 heteroatoms. The molecule has 2 N–H and O–H groups in total. The summed E-state index contributed by atoms with van der Waals surface area (Å²) in [6.45, 7) is 4.44. The first kappa shape index (κ1) is 17.9. The lowest BCUT2D eigenvalue weighted by Gasteiger charge is -2.22. The van der Waals surface area contributed by atoms with Gasteiger partial charge in [-0.3, -0.25) is 9.59 Å². The van der Waals surface area contributed by atoms with Crippen molar-refractivity contribution in [3.8, 4) is 0 Å². The molecule has 0 aliphatic carbocycles. The Bertz CT molecular complexity index is 315. The lowest BCUT2D eigenvalue weighted by molar-refractivity contribution is -0.128. The molecule has 0 aromatic carbocycles. The third kappa shape index (κ3) is 5.67. The molecule has 0 fully saturated rings. The maximum Gasteiger partial charge on any atom is 0.248 e. The van der Waals surface area contributed by atoms with Gasteiger partial charge in [0.05, 0.1) is 0 Å². The molecule has 0 heterocycles. The lowest BCUT2D eigenvalue weighted by Crippen LogP contribution is -2.43. The maximum absolute atomic E-state index is 11.8. The van der Waals surface area contributed by atoms with Crippen molar-refractivity contribution in [2.75, 3.05) is 27.3 Å². The molecular formula is C9H19N2O4PS2. The number of rotatable bonds is 8. The van der Waals surface area contributed by atoms with E-state index >= 15 is 0 Å². The smallest absolute Gasteiger partial charge is 0.248 e. The van der Waals surface area contributed by atoms with Crippen LogP contribution in [0.5, 0.6) is 0 Å². The Hall–Kier alpha value is -0.140. The molecule has 0 saturated carbocycles. The molecule has 0 rings (SSSR count). The van der Waals surface area contributed by atoms with E-state index in [1.807, 2.05) is 0 Å². The Morgan fingerprint density at radius 2 is 1.56 bits per heavy atom. The summed E-state index contributed by atoms with van der Waals surface area (Å²) in [5, 5.41) is 4.23. The third-order valence-corrected chi connectivity index (χ3v) is 7.62. The Kier molecular flexibility index (Phi) is 8.81. The maximum atomic E-state index is 11.8. The van der Waals surface area contributed by atoms with Crippen molar-refractivity contribution in [2.45, 2.75) is 19.1 Å². The van der Waals surface area contributed by atoms with Gasteiger partial charge < -0.3 is 19.7 Å². The number of amides is 2. The molecule has 0 aliphatic heterocycles. The first-order valence-electron chi connectivity index (χ1n) is 5.39. The van der Waals surface area contributed by atoms with Crippen LogP contribution in [-0.2, 0) is 30.4 Å². The second-order valence-corrected chi connectivity index (χ2v) is 9.60. The van der Waals surface area contributed by atoms with Crippen molar-refractivity contribution in [1.82, 2.24) is 10.6 Å². The van der Waals surface area contributed by atoms with Gasteiger partial charge in [-0.15, -0.1) is 0 Å². The zero-order valence-corrected chi connectivity index (χ0v) is 13.4. The monoisotopic (exact) mass is 314 g/mol. The normalized spacial score (nSPS) is 11.4. The summed E-state index contributed by atoms with van der Waals surface area (Å²) < 4.78 is 10.2. The fourth-order valence-corrected chi connectivity index (χ4v) is 4.62. The topological polar surface area (TPSA) is 76.7 Å². The molecule has 106 valence electrons. The summed E-state index contributed by atoms with van der Waals surface area (Å²) in [7, 11) is 2.81. The van der Waals surface area contributed by atoms with Crippen molar-refractivity contribution in [3.05, 3.63) is 0 Å². The average Bonchev–Trinajstić information content (AvgIpc) is 2.36. The summed E-state index contributed by atoms with van der Waals surface area (Å²) in [4.78, 5) is 23.7. The minimum atomic E-state index is -2.66. The zero-order chi connectivity index (χ0) is 14.2. The van der Waals surface area contributed by atoms with Gasteiger partial charge in [-0.05, 0) is 37.0 Å². The van der Waals surface area contributed by atoms with E-state index in [1.54, 1.807) is 13.8 Å². The second-order valence-electron chi connectivity index (χ2n) is 3.09. The Balaban J connectivity index is 4.92. The van der Waals surface area contributed by atoms with Gasteiger partial charge in [0.2, 0.25) is 17.5 Å². The summed E-state index contributed by atoms with van der Waals surface area (Å²) in [6, 6.07) is 0. The highest BCUT2D eigenvalue weighted by Crippen LogP contribution is 2.61. The molecule has 0 aliphatic rings. The van der Waals surface area contributed by atoms with E-state index in [-0.39, 0.29) is 0 Å². The predicted octanol–water partition coefficient (Wildman–Crippen LogP) is 0.878. The molecule has 6 nitrogen and oxygen atoms in total. The van der Waals surface area contributed by atoms with Gasteiger partial charge in [0.1, 0.15) is 0 Å². The van der Waals surface area contributed by atoms with E-state index in [4.69, 9.17) is 20.9 Å². The fraction of sp³-hybridized carbons (Fsp3) is 0.778. The van der Waals surface area contributed by atoms with Gasteiger partial charge in [0.15, 0.2) is 5.25 Å². The summed E-state index contributed by atoms with van der Waals surface area (Å²) in [6.07, 6.45) is 0. The molecule has 0 atom stereocenters. The number of nitrogens with one attached hydrogen (secondary N) is 2. The predicted molar refractivity (Wildman–Crippen MR) is 77.0 cm³/mol. The van der Waals surface area contributed by atoms with E-state index in [1.165, 1.54) is 14.2 Å². The van der Waals surface area contributed by atoms with Crippen molar-refractivity contribution in [3.63, 3.8) is 0 Å². The van der Waals surface area contributed by atoms with Crippen molar-refractivity contribution < 1.29 is 18.6 Å².